The molecule has 0 aromatic rings. The first-order valence-electron chi connectivity index (χ1n) is 5.62. The SMILES string of the molecule is CCNC(CO)COCCCC(C)C. The van der Waals surface area contributed by atoms with Crippen LogP contribution in [0.3, 0.4) is 0 Å². The molecular weight excluding hydrogens is 178 g/mol. The van der Waals surface area contributed by atoms with Crippen molar-refractivity contribution in [2.24, 2.45) is 5.92 Å². The Balaban J connectivity index is 3.24. The summed E-state index contributed by atoms with van der Waals surface area (Å²) in [6.07, 6.45) is 2.33. The van der Waals surface area contributed by atoms with E-state index in [1.54, 1.807) is 0 Å². The number of hydrogen-bond donors (Lipinski definition) is 2. The third kappa shape index (κ3) is 8.48. The van der Waals surface area contributed by atoms with Crippen LogP contribution in [0.4, 0.5) is 0 Å². The highest BCUT2D eigenvalue weighted by atomic mass is 16.5. The summed E-state index contributed by atoms with van der Waals surface area (Å²) in [5, 5.41) is 12.1. The van der Waals surface area contributed by atoms with Gasteiger partial charge < -0.3 is 15.2 Å². The third-order valence-electron chi connectivity index (χ3n) is 2.10. The number of nitrogens with one attached hydrogen (secondary N) is 1. The number of rotatable bonds is 9. The molecule has 0 aromatic heterocycles. The molecule has 0 aliphatic heterocycles. The van der Waals surface area contributed by atoms with E-state index in [2.05, 4.69) is 19.2 Å². The Kier molecular flexibility index (Phi) is 9.35. The summed E-state index contributed by atoms with van der Waals surface area (Å²) in [6, 6.07) is 0.0963. The van der Waals surface area contributed by atoms with Gasteiger partial charge in [0.25, 0.3) is 0 Å². The highest BCUT2D eigenvalue weighted by Crippen LogP contribution is 2.03. The largest absolute Gasteiger partial charge is 0.395 e. The maximum absolute atomic E-state index is 8.96. The molecule has 3 heteroatoms. The zero-order valence-corrected chi connectivity index (χ0v) is 9.75. The molecule has 0 rings (SSSR count). The van der Waals surface area contributed by atoms with Crippen molar-refractivity contribution in [1.82, 2.24) is 5.32 Å². The second-order valence-electron chi connectivity index (χ2n) is 4.05. The molecule has 14 heavy (non-hydrogen) atoms. The van der Waals surface area contributed by atoms with Crippen LogP contribution in [0.1, 0.15) is 33.6 Å². The molecule has 1 unspecified atom stereocenters. The molecule has 0 amide bonds. The minimum Gasteiger partial charge on any atom is -0.395 e. The van der Waals surface area contributed by atoms with Crippen LogP contribution in [0.25, 0.3) is 0 Å². The normalized spacial score (nSPS) is 13.5. The summed E-state index contributed by atoms with van der Waals surface area (Å²) in [5.41, 5.74) is 0. The van der Waals surface area contributed by atoms with E-state index in [4.69, 9.17) is 9.84 Å². The monoisotopic (exact) mass is 203 g/mol. The lowest BCUT2D eigenvalue weighted by Gasteiger charge is -2.15. The molecule has 0 aliphatic carbocycles. The molecular formula is C11H25NO2. The van der Waals surface area contributed by atoms with Gasteiger partial charge in [-0.1, -0.05) is 20.8 Å². The lowest BCUT2D eigenvalue weighted by atomic mass is 10.1. The standard InChI is InChI=1S/C11H25NO2/c1-4-12-11(8-13)9-14-7-5-6-10(2)3/h10-13H,4-9H2,1-3H3. The highest BCUT2D eigenvalue weighted by molar-refractivity contribution is 4.62. The number of ether oxygens (including phenoxy) is 1. The fourth-order valence-electron chi connectivity index (χ4n) is 1.28. The lowest BCUT2D eigenvalue weighted by Crippen LogP contribution is -2.36. The smallest absolute Gasteiger partial charge is 0.0642 e. The van der Waals surface area contributed by atoms with E-state index in [0.29, 0.717) is 6.61 Å². The predicted molar refractivity (Wildman–Crippen MR) is 59.4 cm³/mol. The van der Waals surface area contributed by atoms with Gasteiger partial charge >= 0.3 is 0 Å². The zero-order chi connectivity index (χ0) is 10.8. The second-order valence-corrected chi connectivity index (χ2v) is 4.05. The van der Waals surface area contributed by atoms with Gasteiger partial charge in [-0.05, 0) is 25.3 Å². The van der Waals surface area contributed by atoms with E-state index in [9.17, 15) is 0 Å². The van der Waals surface area contributed by atoms with Gasteiger partial charge in [-0.15, -0.1) is 0 Å². The summed E-state index contributed by atoms with van der Waals surface area (Å²) < 4.78 is 5.47. The van der Waals surface area contributed by atoms with E-state index in [1.165, 1.54) is 6.42 Å². The second kappa shape index (κ2) is 9.44. The van der Waals surface area contributed by atoms with Crippen LogP contribution in [0.5, 0.6) is 0 Å². The van der Waals surface area contributed by atoms with Crippen LogP contribution < -0.4 is 5.32 Å². The Hall–Kier alpha value is -0.120. The third-order valence-corrected chi connectivity index (χ3v) is 2.10. The van der Waals surface area contributed by atoms with Crippen molar-refractivity contribution >= 4 is 0 Å². The molecule has 0 aliphatic rings. The molecule has 0 spiro atoms. The fraction of sp³-hybridized carbons (Fsp3) is 1.00. The van der Waals surface area contributed by atoms with Crippen molar-refractivity contribution in [1.29, 1.82) is 0 Å². The Morgan fingerprint density at radius 3 is 2.57 bits per heavy atom. The number of aliphatic hydroxyl groups is 1. The summed E-state index contributed by atoms with van der Waals surface area (Å²) >= 11 is 0. The molecule has 0 aromatic carbocycles. The number of likely N-dealkylation sites (N-methyl/N-ethyl adjacent to an activating group) is 1. The summed E-state index contributed by atoms with van der Waals surface area (Å²) in [5.74, 6) is 0.751. The van der Waals surface area contributed by atoms with Gasteiger partial charge in [-0.3, -0.25) is 0 Å². The Morgan fingerprint density at radius 1 is 1.36 bits per heavy atom. The van der Waals surface area contributed by atoms with Crippen LogP contribution >= 0.6 is 0 Å². The van der Waals surface area contributed by atoms with Gasteiger partial charge in [0.05, 0.1) is 19.3 Å². The maximum Gasteiger partial charge on any atom is 0.0642 e. The summed E-state index contributed by atoms with van der Waals surface area (Å²) in [4.78, 5) is 0. The van der Waals surface area contributed by atoms with Crippen molar-refractivity contribution in [3.63, 3.8) is 0 Å². The predicted octanol–water partition coefficient (Wildman–Crippen LogP) is 1.41. The van der Waals surface area contributed by atoms with Gasteiger partial charge in [0.2, 0.25) is 0 Å². The first-order valence-corrected chi connectivity index (χ1v) is 5.62. The highest BCUT2D eigenvalue weighted by Gasteiger charge is 2.04. The van der Waals surface area contributed by atoms with Gasteiger partial charge in [0.15, 0.2) is 0 Å². The minimum atomic E-state index is 0.0963. The molecule has 0 saturated carbocycles. The Labute approximate surface area is 87.8 Å². The molecule has 0 bridgehead atoms. The van der Waals surface area contributed by atoms with Crippen LogP contribution in [-0.2, 0) is 4.74 Å². The van der Waals surface area contributed by atoms with Crippen LogP contribution in [0.15, 0.2) is 0 Å². The van der Waals surface area contributed by atoms with Gasteiger partial charge in [-0.25, -0.2) is 0 Å². The summed E-state index contributed by atoms with van der Waals surface area (Å²) in [7, 11) is 0. The fourth-order valence-corrected chi connectivity index (χ4v) is 1.28. The van der Waals surface area contributed by atoms with Crippen LogP contribution in [-0.4, -0.2) is 37.5 Å². The quantitative estimate of drug-likeness (QED) is 0.557. The van der Waals surface area contributed by atoms with Crippen LogP contribution in [0, 0.1) is 5.92 Å². The maximum atomic E-state index is 8.96. The molecule has 1 atom stereocenters. The van der Waals surface area contributed by atoms with E-state index < -0.39 is 0 Å². The van der Waals surface area contributed by atoms with Crippen molar-refractivity contribution in [2.75, 3.05) is 26.4 Å². The van der Waals surface area contributed by atoms with Gasteiger partial charge in [0.1, 0.15) is 0 Å². The molecule has 0 radical (unpaired) electrons. The van der Waals surface area contributed by atoms with Crippen molar-refractivity contribution < 1.29 is 9.84 Å². The van der Waals surface area contributed by atoms with Crippen molar-refractivity contribution in [2.45, 2.75) is 39.7 Å². The lowest BCUT2D eigenvalue weighted by molar-refractivity contribution is 0.0855. The van der Waals surface area contributed by atoms with E-state index in [1.807, 2.05) is 6.92 Å². The average Bonchev–Trinajstić information content (AvgIpc) is 2.15. The van der Waals surface area contributed by atoms with Crippen LogP contribution in [0.2, 0.25) is 0 Å². The van der Waals surface area contributed by atoms with Gasteiger partial charge in [0, 0.05) is 6.61 Å². The number of aliphatic hydroxyl groups excluding tert-OH is 1. The first kappa shape index (κ1) is 13.9. The Morgan fingerprint density at radius 2 is 2.07 bits per heavy atom. The van der Waals surface area contributed by atoms with Crippen molar-refractivity contribution in [3.05, 3.63) is 0 Å². The Bertz CT molecular complexity index is 118. The first-order chi connectivity index (χ1) is 6.70. The molecule has 2 N–H and O–H groups in total. The van der Waals surface area contributed by atoms with E-state index in [-0.39, 0.29) is 12.6 Å². The molecule has 0 fully saturated rings. The topological polar surface area (TPSA) is 41.5 Å². The van der Waals surface area contributed by atoms with E-state index in [0.717, 1.165) is 25.5 Å². The molecule has 0 saturated heterocycles. The molecule has 86 valence electrons. The van der Waals surface area contributed by atoms with Crippen molar-refractivity contribution in [3.8, 4) is 0 Å². The summed E-state index contributed by atoms with van der Waals surface area (Å²) in [6.45, 7) is 8.91. The average molecular weight is 203 g/mol. The molecule has 3 nitrogen and oxygen atoms in total. The molecule has 0 heterocycles. The zero-order valence-electron chi connectivity index (χ0n) is 9.75. The van der Waals surface area contributed by atoms with E-state index >= 15 is 0 Å². The minimum absolute atomic E-state index is 0.0963. The van der Waals surface area contributed by atoms with Gasteiger partial charge in [-0.2, -0.15) is 0 Å². The number of hydrogen-bond acceptors (Lipinski definition) is 3.